The second-order valence-electron chi connectivity index (χ2n) is 9.00. The lowest BCUT2D eigenvalue weighted by Gasteiger charge is -2.18. The second kappa shape index (κ2) is 11.8. The summed E-state index contributed by atoms with van der Waals surface area (Å²) in [4.78, 5) is 28.9. The van der Waals surface area contributed by atoms with E-state index in [1.54, 1.807) is 38.1 Å². The van der Waals surface area contributed by atoms with Gasteiger partial charge >= 0.3 is 6.18 Å². The lowest BCUT2D eigenvalue weighted by Crippen LogP contribution is -2.49. The molecule has 1 aliphatic rings. The van der Waals surface area contributed by atoms with E-state index in [-0.39, 0.29) is 35.6 Å². The van der Waals surface area contributed by atoms with Gasteiger partial charge in [0.2, 0.25) is 5.91 Å². The SMILES string of the molecule is C=CN=C/C(=C\N)C(=O)NC1(C(=O)NCc2ccc(Nc3ccc(OC(C)C)cc3C(F)(F)F)cc2)CC1. The summed E-state index contributed by atoms with van der Waals surface area (Å²) in [6.07, 6.45) is -0.277. The Kier molecular flexibility index (Phi) is 8.82. The molecule has 0 aliphatic heterocycles. The Morgan fingerprint density at radius 3 is 2.42 bits per heavy atom. The molecule has 2 aromatic carbocycles. The molecule has 2 aromatic rings. The van der Waals surface area contributed by atoms with Crippen LogP contribution in [0.1, 0.15) is 37.8 Å². The second-order valence-corrected chi connectivity index (χ2v) is 9.00. The van der Waals surface area contributed by atoms with E-state index in [4.69, 9.17) is 10.5 Å². The summed E-state index contributed by atoms with van der Waals surface area (Å²) in [5.41, 5.74) is 4.76. The number of carbonyl (C=O) groups is 2. The molecule has 38 heavy (non-hydrogen) atoms. The van der Waals surface area contributed by atoms with Crippen LogP contribution < -0.4 is 26.4 Å². The highest BCUT2D eigenvalue weighted by Gasteiger charge is 2.51. The number of anilines is 2. The van der Waals surface area contributed by atoms with Crippen molar-refractivity contribution in [2.24, 2.45) is 10.7 Å². The molecule has 8 nitrogen and oxygen atoms in total. The number of ether oxygens (including phenoxy) is 1. The summed E-state index contributed by atoms with van der Waals surface area (Å²) >= 11 is 0. The molecule has 0 aromatic heterocycles. The van der Waals surface area contributed by atoms with Gasteiger partial charge in [-0.15, -0.1) is 0 Å². The van der Waals surface area contributed by atoms with Crippen LogP contribution in [0.5, 0.6) is 5.75 Å². The number of nitrogens with two attached hydrogens (primary N) is 1. The molecule has 0 spiro atoms. The van der Waals surface area contributed by atoms with Crippen molar-refractivity contribution in [1.82, 2.24) is 10.6 Å². The van der Waals surface area contributed by atoms with E-state index in [0.717, 1.165) is 17.8 Å². The van der Waals surface area contributed by atoms with Crippen LogP contribution in [0.25, 0.3) is 0 Å². The van der Waals surface area contributed by atoms with Gasteiger partial charge < -0.3 is 26.4 Å². The molecule has 2 amide bonds. The Labute approximate surface area is 218 Å². The van der Waals surface area contributed by atoms with E-state index in [9.17, 15) is 22.8 Å². The van der Waals surface area contributed by atoms with Gasteiger partial charge in [-0.25, -0.2) is 0 Å². The molecular formula is C27H30F3N5O3. The molecule has 0 radical (unpaired) electrons. The monoisotopic (exact) mass is 529 g/mol. The average molecular weight is 530 g/mol. The highest BCUT2D eigenvalue weighted by atomic mass is 19.4. The van der Waals surface area contributed by atoms with Crippen LogP contribution in [0, 0.1) is 0 Å². The van der Waals surface area contributed by atoms with Crippen molar-refractivity contribution < 1.29 is 27.5 Å². The first-order valence-electron chi connectivity index (χ1n) is 11.9. The first-order valence-corrected chi connectivity index (χ1v) is 11.9. The normalized spacial score (nSPS) is 14.7. The van der Waals surface area contributed by atoms with Crippen LogP contribution in [0.4, 0.5) is 24.5 Å². The number of nitrogens with one attached hydrogen (secondary N) is 3. The summed E-state index contributed by atoms with van der Waals surface area (Å²) in [5.74, 6) is -0.736. The van der Waals surface area contributed by atoms with Gasteiger partial charge in [-0.3, -0.25) is 14.6 Å². The molecule has 0 heterocycles. The minimum absolute atomic E-state index is 0.0998. The van der Waals surface area contributed by atoms with Crippen LogP contribution in [0.15, 0.2) is 72.0 Å². The van der Waals surface area contributed by atoms with Crippen molar-refractivity contribution >= 4 is 29.4 Å². The van der Waals surface area contributed by atoms with Crippen LogP contribution in [0.2, 0.25) is 0 Å². The zero-order valence-electron chi connectivity index (χ0n) is 21.1. The van der Waals surface area contributed by atoms with Crippen molar-refractivity contribution in [3.63, 3.8) is 0 Å². The number of carbonyl (C=O) groups excluding carboxylic acids is 2. The molecule has 0 unspecified atom stereocenters. The van der Waals surface area contributed by atoms with E-state index in [0.29, 0.717) is 18.5 Å². The highest BCUT2D eigenvalue weighted by Crippen LogP contribution is 2.39. The number of hydrogen-bond donors (Lipinski definition) is 4. The van der Waals surface area contributed by atoms with Gasteiger partial charge in [0.05, 0.1) is 22.9 Å². The zero-order chi connectivity index (χ0) is 27.9. The van der Waals surface area contributed by atoms with Crippen molar-refractivity contribution in [2.75, 3.05) is 5.32 Å². The number of nitrogens with zero attached hydrogens (tertiary/aromatic N) is 1. The first kappa shape index (κ1) is 28.3. The number of halogens is 3. The quantitative estimate of drug-likeness (QED) is 0.252. The maximum Gasteiger partial charge on any atom is 0.418 e. The fourth-order valence-corrected chi connectivity index (χ4v) is 3.56. The van der Waals surface area contributed by atoms with Crippen LogP contribution >= 0.6 is 0 Å². The van der Waals surface area contributed by atoms with E-state index in [2.05, 4.69) is 27.5 Å². The number of alkyl halides is 3. The third-order valence-electron chi connectivity index (χ3n) is 5.65. The highest BCUT2D eigenvalue weighted by molar-refractivity contribution is 6.13. The Hall–Kier alpha value is -4.28. The topological polar surface area (TPSA) is 118 Å². The van der Waals surface area contributed by atoms with Gasteiger partial charge in [0.15, 0.2) is 0 Å². The number of benzene rings is 2. The Morgan fingerprint density at radius 1 is 1.18 bits per heavy atom. The summed E-state index contributed by atoms with van der Waals surface area (Å²) in [5, 5.41) is 8.28. The first-order chi connectivity index (χ1) is 18.0. The minimum Gasteiger partial charge on any atom is -0.491 e. The fraction of sp³-hybridized carbons (Fsp3) is 0.296. The molecular weight excluding hydrogens is 499 g/mol. The molecule has 5 N–H and O–H groups in total. The van der Waals surface area contributed by atoms with E-state index >= 15 is 0 Å². The maximum absolute atomic E-state index is 13.6. The smallest absolute Gasteiger partial charge is 0.418 e. The molecule has 0 atom stereocenters. The van der Waals surface area contributed by atoms with Crippen molar-refractivity contribution in [1.29, 1.82) is 0 Å². The van der Waals surface area contributed by atoms with Crippen LogP contribution in [-0.2, 0) is 22.3 Å². The van der Waals surface area contributed by atoms with Crippen LogP contribution in [0.3, 0.4) is 0 Å². The summed E-state index contributed by atoms with van der Waals surface area (Å²) in [6.45, 7) is 7.07. The minimum atomic E-state index is -4.57. The molecule has 11 heteroatoms. The number of aliphatic imine (C=N–C) groups is 1. The van der Waals surface area contributed by atoms with E-state index in [1.165, 1.54) is 24.5 Å². The van der Waals surface area contributed by atoms with Gasteiger partial charge in [0.25, 0.3) is 5.91 Å². The van der Waals surface area contributed by atoms with Crippen molar-refractivity contribution in [3.05, 3.63) is 78.1 Å². The largest absolute Gasteiger partial charge is 0.491 e. The zero-order valence-corrected chi connectivity index (χ0v) is 21.1. The van der Waals surface area contributed by atoms with Crippen molar-refractivity contribution in [2.45, 2.75) is 51.1 Å². The molecule has 0 saturated heterocycles. The molecule has 0 bridgehead atoms. The van der Waals surface area contributed by atoms with E-state index in [1.807, 2.05) is 0 Å². The third-order valence-corrected chi connectivity index (χ3v) is 5.65. The molecule has 1 aliphatic carbocycles. The molecule has 202 valence electrons. The van der Waals surface area contributed by atoms with Crippen LogP contribution in [-0.4, -0.2) is 29.7 Å². The number of amides is 2. The van der Waals surface area contributed by atoms with Gasteiger partial charge in [0, 0.05) is 30.8 Å². The fourth-order valence-electron chi connectivity index (χ4n) is 3.56. The number of hydrogen-bond acceptors (Lipinski definition) is 6. The van der Waals surface area contributed by atoms with Gasteiger partial charge in [0.1, 0.15) is 11.3 Å². The Bertz CT molecular complexity index is 1230. The lowest BCUT2D eigenvalue weighted by molar-refractivity contribution is -0.137. The maximum atomic E-state index is 13.6. The summed E-state index contributed by atoms with van der Waals surface area (Å²) in [7, 11) is 0. The molecule has 1 fully saturated rings. The third kappa shape index (κ3) is 7.37. The van der Waals surface area contributed by atoms with Gasteiger partial charge in [-0.05, 0) is 62.6 Å². The van der Waals surface area contributed by atoms with Gasteiger partial charge in [-0.2, -0.15) is 13.2 Å². The number of rotatable bonds is 11. The predicted octanol–water partition coefficient (Wildman–Crippen LogP) is 4.56. The van der Waals surface area contributed by atoms with E-state index < -0.39 is 23.2 Å². The Morgan fingerprint density at radius 2 is 1.87 bits per heavy atom. The molecule has 1 saturated carbocycles. The summed E-state index contributed by atoms with van der Waals surface area (Å²) in [6, 6.07) is 10.4. The summed E-state index contributed by atoms with van der Waals surface area (Å²) < 4.78 is 46.3. The molecule has 3 rings (SSSR count). The average Bonchev–Trinajstić information content (AvgIpc) is 3.64. The lowest BCUT2D eigenvalue weighted by atomic mass is 10.1. The van der Waals surface area contributed by atoms with Crippen molar-refractivity contribution in [3.8, 4) is 5.75 Å². The van der Waals surface area contributed by atoms with Gasteiger partial charge in [-0.1, -0.05) is 18.7 Å². The predicted molar refractivity (Wildman–Crippen MR) is 140 cm³/mol. The standard InChI is InChI=1S/C27H30F3N5O3/c1-4-32-16-19(14-31)24(36)35-26(11-12-26)25(37)33-15-18-5-7-20(8-6-18)34-23-10-9-21(38-17(2)3)13-22(23)27(28,29)30/h4-10,13-14,16-17,34H,1,11-12,15,31H2,2-3H3,(H,33,37)(H,35,36)/b19-14+,32-16?. The Balaban J connectivity index is 1.61.